The Morgan fingerprint density at radius 1 is 1.29 bits per heavy atom. The van der Waals surface area contributed by atoms with Crippen molar-refractivity contribution in [2.45, 2.75) is 51.7 Å². The lowest BCUT2D eigenvalue weighted by molar-refractivity contribution is -0.130. The molecule has 1 aliphatic rings. The van der Waals surface area contributed by atoms with Crippen molar-refractivity contribution in [3.8, 4) is 5.75 Å². The van der Waals surface area contributed by atoms with Gasteiger partial charge in [0.05, 0.1) is 12.7 Å². The summed E-state index contributed by atoms with van der Waals surface area (Å²) in [5.41, 5.74) is 0.333. The molecule has 24 heavy (non-hydrogen) atoms. The van der Waals surface area contributed by atoms with Gasteiger partial charge < -0.3 is 14.8 Å². The first-order chi connectivity index (χ1) is 11.4. The summed E-state index contributed by atoms with van der Waals surface area (Å²) in [5.74, 6) is 0.206. The van der Waals surface area contributed by atoms with Crippen LogP contribution in [0.5, 0.6) is 5.75 Å². The fourth-order valence-corrected chi connectivity index (χ4v) is 3.30. The van der Waals surface area contributed by atoms with E-state index in [0.717, 1.165) is 19.3 Å². The van der Waals surface area contributed by atoms with E-state index in [0.29, 0.717) is 21.7 Å². The van der Waals surface area contributed by atoms with E-state index in [1.54, 1.807) is 25.1 Å². The summed E-state index contributed by atoms with van der Waals surface area (Å²) in [5, 5.41) is 3.01. The Morgan fingerprint density at radius 3 is 2.67 bits per heavy atom. The molecule has 1 amide bonds. The van der Waals surface area contributed by atoms with Gasteiger partial charge in [-0.25, -0.2) is 4.79 Å². The standard InChI is InChI=1S/C18H24BrNO4/c1-11-6-4-5-7-16(11)20-17(21)12(2)24-18(22)14-10-13(23-3)8-9-15(14)19/h8-12,16H,4-7H2,1-3H3,(H,20,21)/t11-,12-,16+/m1/s1. The number of rotatable bonds is 5. The lowest BCUT2D eigenvalue weighted by Gasteiger charge is -2.30. The summed E-state index contributed by atoms with van der Waals surface area (Å²) in [6, 6.07) is 5.20. The highest BCUT2D eigenvalue weighted by Gasteiger charge is 2.27. The Morgan fingerprint density at radius 2 is 2.00 bits per heavy atom. The molecule has 0 aromatic heterocycles. The molecule has 1 saturated carbocycles. The van der Waals surface area contributed by atoms with Crippen LogP contribution in [0.3, 0.4) is 0 Å². The molecule has 0 aliphatic heterocycles. The second-order valence-electron chi connectivity index (χ2n) is 6.27. The minimum atomic E-state index is -0.843. The van der Waals surface area contributed by atoms with Crippen LogP contribution in [0.15, 0.2) is 22.7 Å². The highest BCUT2D eigenvalue weighted by molar-refractivity contribution is 9.10. The third-order valence-corrected chi connectivity index (χ3v) is 5.18. The molecule has 0 bridgehead atoms. The minimum absolute atomic E-state index is 0.163. The number of nitrogens with one attached hydrogen (secondary N) is 1. The van der Waals surface area contributed by atoms with Gasteiger partial charge in [0.25, 0.3) is 5.91 Å². The Labute approximate surface area is 151 Å². The minimum Gasteiger partial charge on any atom is -0.497 e. The topological polar surface area (TPSA) is 64.6 Å². The lowest BCUT2D eigenvalue weighted by Crippen LogP contribution is -2.46. The van der Waals surface area contributed by atoms with Crippen molar-refractivity contribution in [3.63, 3.8) is 0 Å². The smallest absolute Gasteiger partial charge is 0.340 e. The van der Waals surface area contributed by atoms with Gasteiger partial charge >= 0.3 is 5.97 Å². The maximum Gasteiger partial charge on any atom is 0.340 e. The van der Waals surface area contributed by atoms with E-state index in [1.807, 2.05) is 0 Å². The number of amides is 1. The molecule has 6 heteroatoms. The number of carbonyl (C=O) groups is 2. The fraction of sp³-hybridized carbons (Fsp3) is 0.556. The third kappa shape index (κ3) is 4.72. The van der Waals surface area contributed by atoms with Gasteiger partial charge in [-0.3, -0.25) is 4.79 Å². The van der Waals surface area contributed by atoms with E-state index in [1.165, 1.54) is 13.5 Å². The van der Waals surface area contributed by atoms with Gasteiger partial charge in [0.2, 0.25) is 0 Å². The maximum absolute atomic E-state index is 12.3. The molecule has 0 spiro atoms. The van der Waals surface area contributed by atoms with Crippen LogP contribution < -0.4 is 10.1 Å². The van der Waals surface area contributed by atoms with Crippen LogP contribution in [0.2, 0.25) is 0 Å². The Hall–Kier alpha value is -1.56. The summed E-state index contributed by atoms with van der Waals surface area (Å²) in [6.45, 7) is 3.74. The molecule has 3 atom stereocenters. The first-order valence-electron chi connectivity index (χ1n) is 8.27. The molecule has 2 rings (SSSR count). The van der Waals surface area contributed by atoms with Gasteiger partial charge in [0.1, 0.15) is 5.75 Å². The predicted molar refractivity (Wildman–Crippen MR) is 95.1 cm³/mol. The Bertz CT molecular complexity index is 605. The molecular weight excluding hydrogens is 374 g/mol. The first kappa shape index (κ1) is 18.8. The molecule has 1 aromatic rings. The number of esters is 1. The highest BCUT2D eigenvalue weighted by Crippen LogP contribution is 2.25. The summed E-state index contributed by atoms with van der Waals surface area (Å²) in [6.07, 6.45) is 3.59. The number of halogens is 1. The molecule has 1 N–H and O–H groups in total. The van der Waals surface area contributed by atoms with Crippen molar-refractivity contribution in [1.29, 1.82) is 0 Å². The third-order valence-electron chi connectivity index (χ3n) is 4.49. The van der Waals surface area contributed by atoms with Gasteiger partial charge in [-0.2, -0.15) is 0 Å². The van der Waals surface area contributed by atoms with Gasteiger partial charge in [-0.1, -0.05) is 19.8 Å². The van der Waals surface area contributed by atoms with Crippen molar-refractivity contribution >= 4 is 27.8 Å². The van der Waals surface area contributed by atoms with Gasteiger partial charge in [0, 0.05) is 10.5 Å². The van der Waals surface area contributed by atoms with Crippen molar-refractivity contribution in [3.05, 3.63) is 28.2 Å². The highest BCUT2D eigenvalue weighted by atomic mass is 79.9. The van der Waals surface area contributed by atoms with Crippen molar-refractivity contribution in [2.24, 2.45) is 5.92 Å². The summed E-state index contributed by atoms with van der Waals surface area (Å²) in [7, 11) is 1.53. The van der Waals surface area contributed by atoms with E-state index in [-0.39, 0.29) is 11.9 Å². The zero-order valence-corrected chi connectivity index (χ0v) is 15.9. The van der Waals surface area contributed by atoms with Crippen LogP contribution in [0.4, 0.5) is 0 Å². The zero-order chi connectivity index (χ0) is 17.7. The Balaban J connectivity index is 1.96. The summed E-state index contributed by atoms with van der Waals surface area (Å²) in [4.78, 5) is 24.6. The van der Waals surface area contributed by atoms with Crippen LogP contribution >= 0.6 is 15.9 Å². The maximum atomic E-state index is 12.3. The van der Waals surface area contributed by atoms with E-state index in [4.69, 9.17) is 9.47 Å². The van der Waals surface area contributed by atoms with E-state index >= 15 is 0 Å². The quantitative estimate of drug-likeness (QED) is 0.769. The van der Waals surface area contributed by atoms with E-state index < -0.39 is 12.1 Å². The number of hydrogen-bond acceptors (Lipinski definition) is 4. The van der Waals surface area contributed by atoms with Crippen molar-refractivity contribution in [2.75, 3.05) is 7.11 Å². The molecule has 1 fully saturated rings. The number of benzene rings is 1. The van der Waals surface area contributed by atoms with Crippen molar-refractivity contribution < 1.29 is 19.1 Å². The molecule has 1 aliphatic carbocycles. The average Bonchev–Trinajstić information content (AvgIpc) is 2.57. The average molecular weight is 398 g/mol. The fourth-order valence-electron chi connectivity index (χ4n) is 2.90. The summed E-state index contributed by atoms with van der Waals surface area (Å²) >= 11 is 3.32. The number of hydrogen-bond donors (Lipinski definition) is 1. The molecule has 0 heterocycles. The van der Waals surface area contributed by atoms with Crippen LogP contribution in [-0.2, 0) is 9.53 Å². The molecule has 0 saturated heterocycles. The normalized spacial score (nSPS) is 21.7. The molecule has 0 unspecified atom stereocenters. The Kier molecular flexibility index (Phi) is 6.66. The van der Waals surface area contributed by atoms with Gasteiger partial charge in [-0.15, -0.1) is 0 Å². The number of methoxy groups -OCH3 is 1. The van der Waals surface area contributed by atoms with Crippen molar-refractivity contribution in [1.82, 2.24) is 5.32 Å². The second kappa shape index (κ2) is 8.51. The predicted octanol–water partition coefficient (Wildman–Crippen LogP) is 3.70. The molecule has 0 radical (unpaired) electrons. The van der Waals surface area contributed by atoms with Gasteiger partial charge in [0.15, 0.2) is 6.10 Å². The number of ether oxygens (including phenoxy) is 2. The molecule has 1 aromatic carbocycles. The largest absolute Gasteiger partial charge is 0.497 e. The lowest BCUT2D eigenvalue weighted by atomic mass is 9.86. The van der Waals surface area contributed by atoms with Crippen LogP contribution in [-0.4, -0.2) is 31.1 Å². The van der Waals surface area contributed by atoms with Crippen LogP contribution in [0.1, 0.15) is 49.9 Å². The zero-order valence-electron chi connectivity index (χ0n) is 14.3. The van der Waals surface area contributed by atoms with Crippen LogP contribution in [0.25, 0.3) is 0 Å². The second-order valence-corrected chi connectivity index (χ2v) is 7.12. The van der Waals surface area contributed by atoms with E-state index in [2.05, 4.69) is 28.2 Å². The summed E-state index contributed by atoms with van der Waals surface area (Å²) < 4.78 is 11.0. The molecule has 132 valence electrons. The SMILES string of the molecule is COc1ccc(Br)c(C(=O)O[C@H](C)C(=O)N[C@H]2CCCC[C@H]2C)c1. The monoisotopic (exact) mass is 397 g/mol. The molecular formula is C18H24BrNO4. The van der Waals surface area contributed by atoms with Crippen LogP contribution in [0, 0.1) is 5.92 Å². The number of carbonyl (C=O) groups excluding carboxylic acids is 2. The molecule has 5 nitrogen and oxygen atoms in total. The first-order valence-corrected chi connectivity index (χ1v) is 9.06. The van der Waals surface area contributed by atoms with E-state index in [9.17, 15) is 9.59 Å². The van der Waals surface area contributed by atoms with Gasteiger partial charge in [-0.05, 0) is 59.8 Å².